The summed E-state index contributed by atoms with van der Waals surface area (Å²) >= 11 is 0. The molecule has 0 aromatic carbocycles. The third kappa shape index (κ3) is 1.11. The van der Waals surface area contributed by atoms with Crippen LogP contribution < -0.4 is 5.43 Å². The fourth-order valence-corrected chi connectivity index (χ4v) is 0.747. The first kappa shape index (κ1) is 5.01. The number of aliphatic imine (C=N–C) groups is 1. The van der Waals surface area contributed by atoms with Gasteiger partial charge in [0.2, 0.25) is 0 Å². The lowest BCUT2D eigenvalue weighted by molar-refractivity contribution is 0.470. The van der Waals surface area contributed by atoms with Gasteiger partial charge in [0.25, 0.3) is 0 Å². The van der Waals surface area contributed by atoms with E-state index in [0.29, 0.717) is 0 Å². The molecule has 4 heteroatoms. The number of hydrogen-bond donors (Lipinski definition) is 1. The molecule has 7 heavy (non-hydrogen) atoms. The standard InChI is InChI=1S/C3H8N3P/c1-3-4-2-6(7)5-3/h2-3,5H,7H2,1H3. The summed E-state index contributed by atoms with van der Waals surface area (Å²) in [7, 11) is 2.47. The quantitative estimate of drug-likeness (QED) is 0.451. The van der Waals surface area contributed by atoms with Crippen molar-refractivity contribution in [2.45, 2.75) is 13.1 Å². The van der Waals surface area contributed by atoms with Crippen LogP contribution in [0, 0.1) is 0 Å². The van der Waals surface area contributed by atoms with Crippen LogP contribution in [0.15, 0.2) is 4.99 Å². The third-order valence-electron chi connectivity index (χ3n) is 0.751. The van der Waals surface area contributed by atoms with E-state index >= 15 is 0 Å². The Labute approximate surface area is 45.0 Å². The summed E-state index contributed by atoms with van der Waals surface area (Å²) in [4.78, 5) is 3.99. The Bertz CT molecular complexity index is 82.2. The Balaban J connectivity index is 2.42. The zero-order valence-electron chi connectivity index (χ0n) is 4.13. The topological polar surface area (TPSA) is 27.6 Å². The zero-order chi connectivity index (χ0) is 5.28. The third-order valence-corrected chi connectivity index (χ3v) is 1.03. The van der Waals surface area contributed by atoms with Crippen molar-refractivity contribution in [3.05, 3.63) is 0 Å². The molecule has 0 amide bonds. The van der Waals surface area contributed by atoms with Gasteiger partial charge in [-0.05, 0) is 16.3 Å². The van der Waals surface area contributed by atoms with Gasteiger partial charge in [-0.2, -0.15) is 0 Å². The molecule has 2 atom stereocenters. The van der Waals surface area contributed by atoms with Crippen LogP contribution in [0.5, 0.6) is 0 Å². The van der Waals surface area contributed by atoms with E-state index in [2.05, 4.69) is 19.8 Å². The number of hydrazine groups is 1. The Morgan fingerprint density at radius 2 is 2.71 bits per heavy atom. The molecule has 0 radical (unpaired) electrons. The summed E-state index contributed by atoms with van der Waals surface area (Å²) in [5, 5.41) is 0. The molecule has 0 aromatic rings. The lowest BCUT2D eigenvalue weighted by Crippen LogP contribution is -2.26. The first-order chi connectivity index (χ1) is 3.29. The molecule has 0 saturated carbocycles. The highest BCUT2D eigenvalue weighted by Gasteiger charge is 2.04. The van der Waals surface area contributed by atoms with Crippen molar-refractivity contribution in [3.63, 3.8) is 0 Å². The second kappa shape index (κ2) is 1.76. The minimum atomic E-state index is 0.248. The van der Waals surface area contributed by atoms with Crippen LogP contribution in [-0.2, 0) is 0 Å². The first-order valence-corrected chi connectivity index (χ1v) is 2.64. The summed E-state index contributed by atoms with van der Waals surface area (Å²) in [5.74, 6) is 0. The van der Waals surface area contributed by atoms with Crippen molar-refractivity contribution in [1.82, 2.24) is 10.2 Å². The zero-order valence-corrected chi connectivity index (χ0v) is 5.28. The van der Waals surface area contributed by atoms with Gasteiger partial charge >= 0.3 is 0 Å². The highest BCUT2D eigenvalue weighted by atomic mass is 31.0. The molecule has 1 heterocycles. The van der Waals surface area contributed by atoms with Gasteiger partial charge in [0, 0.05) is 0 Å². The van der Waals surface area contributed by atoms with Crippen molar-refractivity contribution in [2.24, 2.45) is 4.99 Å². The van der Waals surface area contributed by atoms with Crippen molar-refractivity contribution >= 4 is 15.7 Å². The average molecular weight is 117 g/mol. The second-order valence-corrected chi connectivity index (χ2v) is 2.03. The van der Waals surface area contributed by atoms with Gasteiger partial charge in [-0.3, -0.25) is 9.77 Å². The smallest absolute Gasteiger partial charge is 0.116 e. The molecule has 3 nitrogen and oxygen atoms in total. The Kier molecular flexibility index (Phi) is 1.26. The van der Waals surface area contributed by atoms with Crippen LogP contribution in [0.2, 0.25) is 0 Å². The highest BCUT2D eigenvalue weighted by Crippen LogP contribution is 1.98. The van der Waals surface area contributed by atoms with E-state index in [0.717, 1.165) is 0 Å². The van der Waals surface area contributed by atoms with Gasteiger partial charge < -0.3 is 0 Å². The largest absolute Gasteiger partial charge is 0.282 e. The molecule has 0 fully saturated rings. The monoisotopic (exact) mass is 117 g/mol. The van der Waals surface area contributed by atoms with E-state index in [1.54, 1.807) is 11.1 Å². The van der Waals surface area contributed by atoms with Gasteiger partial charge in [-0.25, -0.2) is 5.43 Å². The predicted molar refractivity (Wildman–Crippen MR) is 32.6 cm³/mol. The molecule has 0 aliphatic carbocycles. The SMILES string of the molecule is CC1N=CN(P)N1. The van der Waals surface area contributed by atoms with Crippen LogP contribution in [-0.4, -0.2) is 17.3 Å². The number of rotatable bonds is 0. The van der Waals surface area contributed by atoms with Crippen molar-refractivity contribution in [1.29, 1.82) is 0 Å². The predicted octanol–water partition coefficient (Wildman–Crippen LogP) is -0.0290. The summed E-state index contributed by atoms with van der Waals surface area (Å²) in [6, 6.07) is 0. The van der Waals surface area contributed by atoms with Crippen LogP contribution in [0.3, 0.4) is 0 Å². The average Bonchev–Trinajstić information content (AvgIpc) is 1.87. The number of nitrogens with one attached hydrogen (secondary N) is 1. The van der Waals surface area contributed by atoms with Gasteiger partial charge in [-0.1, -0.05) is 0 Å². The van der Waals surface area contributed by atoms with Crippen LogP contribution in [0.25, 0.3) is 0 Å². The van der Waals surface area contributed by atoms with Gasteiger partial charge in [0.05, 0.1) is 0 Å². The van der Waals surface area contributed by atoms with E-state index in [-0.39, 0.29) is 6.17 Å². The minimum absolute atomic E-state index is 0.248. The molecular formula is C3H8N3P. The van der Waals surface area contributed by atoms with Crippen LogP contribution >= 0.6 is 9.39 Å². The summed E-state index contributed by atoms with van der Waals surface area (Å²) in [6.07, 6.45) is 1.98. The lowest BCUT2D eigenvalue weighted by atomic mass is 10.6. The lowest BCUT2D eigenvalue weighted by Gasteiger charge is -2.06. The van der Waals surface area contributed by atoms with Gasteiger partial charge in [-0.15, -0.1) is 0 Å². The van der Waals surface area contributed by atoms with Gasteiger partial charge in [0.15, 0.2) is 0 Å². The Morgan fingerprint density at radius 1 is 2.00 bits per heavy atom. The van der Waals surface area contributed by atoms with Crippen LogP contribution in [0.4, 0.5) is 0 Å². The Hall–Kier alpha value is -0.140. The molecule has 2 unspecified atom stereocenters. The van der Waals surface area contributed by atoms with Crippen LogP contribution in [0.1, 0.15) is 6.92 Å². The van der Waals surface area contributed by atoms with E-state index in [9.17, 15) is 0 Å². The molecule has 0 saturated heterocycles. The van der Waals surface area contributed by atoms with E-state index in [4.69, 9.17) is 0 Å². The summed E-state index contributed by atoms with van der Waals surface area (Å²) in [6.45, 7) is 1.99. The molecule has 0 aromatic heterocycles. The van der Waals surface area contributed by atoms with Gasteiger partial charge in [0.1, 0.15) is 12.5 Å². The normalized spacial score (nSPS) is 29.4. The fourth-order valence-electron chi connectivity index (χ4n) is 0.454. The fraction of sp³-hybridized carbons (Fsp3) is 0.667. The molecule has 1 rings (SSSR count). The maximum Gasteiger partial charge on any atom is 0.116 e. The number of nitrogens with zero attached hydrogens (tertiary/aromatic N) is 2. The van der Waals surface area contributed by atoms with E-state index in [1.165, 1.54) is 0 Å². The minimum Gasteiger partial charge on any atom is -0.282 e. The number of hydrogen-bond acceptors (Lipinski definition) is 3. The molecular weight excluding hydrogens is 109 g/mol. The second-order valence-electron chi connectivity index (χ2n) is 1.48. The maximum atomic E-state index is 3.99. The van der Waals surface area contributed by atoms with Crippen molar-refractivity contribution in [3.8, 4) is 0 Å². The molecule has 1 N–H and O–H groups in total. The van der Waals surface area contributed by atoms with E-state index < -0.39 is 0 Å². The first-order valence-electron chi connectivity index (χ1n) is 2.12. The summed E-state index contributed by atoms with van der Waals surface area (Å²) in [5.41, 5.74) is 2.99. The van der Waals surface area contributed by atoms with Crippen molar-refractivity contribution in [2.75, 3.05) is 0 Å². The molecule has 1 aliphatic rings. The molecule has 0 bridgehead atoms. The molecule has 0 spiro atoms. The molecule has 40 valence electrons. The molecule has 1 aliphatic heterocycles. The van der Waals surface area contributed by atoms with Crippen molar-refractivity contribution < 1.29 is 0 Å². The Morgan fingerprint density at radius 3 is 2.86 bits per heavy atom. The maximum absolute atomic E-state index is 3.99. The summed E-state index contributed by atoms with van der Waals surface area (Å²) < 4.78 is 1.75. The highest BCUT2D eigenvalue weighted by molar-refractivity contribution is 7.14. The van der Waals surface area contributed by atoms with E-state index in [1.807, 2.05) is 6.92 Å².